The van der Waals surface area contributed by atoms with Gasteiger partial charge in [-0.25, -0.2) is 0 Å². The molecule has 0 saturated heterocycles. The molecule has 0 amide bonds. The zero-order valence-corrected chi connectivity index (χ0v) is 12.2. The van der Waals surface area contributed by atoms with E-state index in [1.807, 2.05) is 18.5 Å². The molecule has 0 aliphatic carbocycles. The average Bonchev–Trinajstić information content (AvgIpc) is 2.52. The number of Topliss-reactive ketones (excluding diaryl/α,β-unsaturated/α-hetero) is 1. The fourth-order valence-corrected chi connectivity index (χ4v) is 2.69. The quantitative estimate of drug-likeness (QED) is 0.789. The zero-order valence-electron chi connectivity index (χ0n) is 12.2. The Kier molecular flexibility index (Phi) is 3.56. The Bertz CT molecular complexity index is 618. The van der Waals surface area contributed by atoms with Gasteiger partial charge in [-0.15, -0.1) is 0 Å². The molecule has 3 heteroatoms. The number of aromatic nitrogens is 2. The van der Waals surface area contributed by atoms with Gasteiger partial charge in [0, 0.05) is 5.69 Å². The topological polar surface area (TPSA) is 34.9 Å². The third-order valence-electron chi connectivity index (χ3n) is 3.35. The second kappa shape index (κ2) is 5.00. The average molecular weight is 256 g/mol. The van der Waals surface area contributed by atoms with Crippen molar-refractivity contribution < 1.29 is 4.79 Å². The molecule has 0 aliphatic rings. The number of rotatable bonds is 3. The lowest BCUT2D eigenvalue weighted by Gasteiger charge is -2.07. The molecule has 0 unspecified atom stereocenters. The maximum atomic E-state index is 11.6. The first-order valence-corrected chi connectivity index (χ1v) is 6.50. The molecular formula is C16H20N2O. The lowest BCUT2D eigenvalue weighted by atomic mass is 10.1. The van der Waals surface area contributed by atoms with Crippen LogP contribution < -0.4 is 0 Å². The molecule has 0 fully saturated rings. The van der Waals surface area contributed by atoms with E-state index in [1.54, 1.807) is 6.92 Å². The number of carbonyl (C=O) groups excluding carboxylic acids is 1. The maximum Gasteiger partial charge on any atom is 0.163 e. The van der Waals surface area contributed by atoms with Crippen molar-refractivity contribution in [2.24, 2.45) is 0 Å². The van der Waals surface area contributed by atoms with Crippen LogP contribution in [0, 0.1) is 27.7 Å². The summed E-state index contributed by atoms with van der Waals surface area (Å²) in [6, 6.07) is 6.49. The van der Waals surface area contributed by atoms with Crippen LogP contribution in [0.15, 0.2) is 18.2 Å². The van der Waals surface area contributed by atoms with Gasteiger partial charge in [0.25, 0.3) is 0 Å². The monoisotopic (exact) mass is 256 g/mol. The third-order valence-corrected chi connectivity index (χ3v) is 3.35. The van der Waals surface area contributed by atoms with Crippen LogP contribution in [-0.2, 0) is 6.54 Å². The molecule has 3 nitrogen and oxygen atoms in total. The molecule has 0 atom stereocenters. The van der Waals surface area contributed by atoms with Crippen LogP contribution in [0.25, 0.3) is 0 Å². The SMILES string of the molecule is CC(=O)c1c(C)nn(Cc2cc(C)cc(C)c2)c1C. The summed E-state index contributed by atoms with van der Waals surface area (Å²) in [5.74, 6) is 0.0849. The lowest BCUT2D eigenvalue weighted by Crippen LogP contribution is -2.05. The first-order chi connectivity index (χ1) is 8.88. The molecule has 0 aliphatic heterocycles. The Morgan fingerprint density at radius 3 is 2.16 bits per heavy atom. The highest BCUT2D eigenvalue weighted by atomic mass is 16.1. The molecular weight excluding hydrogens is 236 g/mol. The highest BCUT2D eigenvalue weighted by Gasteiger charge is 2.15. The minimum Gasteiger partial charge on any atom is -0.294 e. The smallest absolute Gasteiger partial charge is 0.163 e. The van der Waals surface area contributed by atoms with Crippen molar-refractivity contribution in [1.82, 2.24) is 9.78 Å². The van der Waals surface area contributed by atoms with Gasteiger partial charge in [-0.3, -0.25) is 9.48 Å². The number of nitrogens with zero attached hydrogens (tertiary/aromatic N) is 2. The van der Waals surface area contributed by atoms with Crippen LogP contribution in [0.4, 0.5) is 0 Å². The van der Waals surface area contributed by atoms with E-state index in [4.69, 9.17) is 0 Å². The predicted molar refractivity (Wildman–Crippen MR) is 76.7 cm³/mol. The Morgan fingerprint density at radius 1 is 1.11 bits per heavy atom. The number of carbonyl (C=O) groups is 1. The fraction of sp³-hybridized carbons (Fsp3) is 0.375. The zero-order chi connectivity index (χ0) is 14.2. The molecule has 0 N–H and O–H groups in total. The summed E-state index contributed by atoms with van der Waals surface area (Å²) in [6.45, 7) is 10.3. The van der Waals surface area contributed by atoms with Gasteiger partial charge in [-0.2, -0.15) is 5.10 Å². The summed E-state index contributed by atoms with van der Waals surface area (Å²) in [4.78, 5) is 11.6. The van der Waals surface area contributed by atoms with Gasteiger partial charge >= 0.3 is 0 Å². The van der Waals surface area contributed by atoms with Gasteiger partial charge in [0.1, 0.15) is 0 Å². The molecule has 0 saturated carbocycles. The number of ketones is 1. The molecule has 100 valence electrons. The summed E-state index contributed by atoms with van der Waals surface area (Å²) in [6.07, 6.45) is 0. The van der Waals surface area contributed by atoms with Crippen molar-refractivity contribution in [3.63, 3.8) is 0 Å². The second-order valence-corrected chi connectivity index (χ2v) is 5.26. The minimum absolute atomic E-state index is 0.0849. The maximum absolute atomic E-state index is 11.6. The Hall–Kier alpha value is -1.90. The summed E-state index contributed by atoms with van der Waals surface area (Å²) in [5.41, 5.74) is 6.24. The first-order valence-electron chi connectivity index (χ1n) is 6.50. The van der Waals surface area contributed by atoms with E-state index in [9.17, 15) is 4.79 Å². The highest BCUT2D eigenvalue weighted by molar-refractivity contribution is 5.96. The molecule has 0 radical (unpaired) electrons. The summed E-state index contributed by atoms with van der Waals surface area (Å²) in [7, 11) is 0. The molecule has 0 spiro atoms. The van der Waals surface area contributed by atoms with Crippen molar-refractivity contribution in [2.75, 3.05) is 0 Å². The standard InChI is InChI=1S/C16H20N2O/c1-10-6-11(2)8-15(7-10)9-18-13(4)16(14(5)19)12(3)17-18/h6-8H,9H2,1-5H3. The summed E-state index contributed by atoms with van der Waals surface area (Å²) < 4.78 is 1.92. The van der Waals surface area contributed by atoms with Gasteiger partial charge in [-0.1, -0.05) is 29.3 Å². The van der Waals surface area contributed by atoms with E-state index < -0.39 is 0 Å². The number of benzene rings is 1. The molecule has 0 bridgehead atoms. The number of hydrogen-bond donors (Lipinski definition) is 0. The van der Waals surface area contributed by atoms with Gasteiger partial charge < -0.3 is 0 Å². The molecule has 1 aromatic carbocycles. The number of aryl methyl sites for hydroxylation is 3. The van der Waals surface area contributed by atoms with E-state index in [-0.39, 0.29) is 5.78 Å². The largest absolute Gasteiger partial charge is 0.294 e. The fourth-order valence-electron chi connectivity index (χ4n) is 2.69. The normalized spacial score (nSPS) is 10.8. The summed E-state index contributed by atoms with van der Waals surface area (Å²) >= 11 is 0. The highest BCUT2D eigenvalue weighted by Crippen LogP contribution is 2.16. The van der Waals surface area contributed by atoms with Crippen molar-refractivity contribution >= 4 is 5.78 Å². The van der Waals surface area contributed by atoms with Crippen LogP contribution in [-0.4, -0.2) is 15.6 Å². The third kappa shape index (κ3) is 2.75. The van der Waals surface area contributed by atoms with Crippen LogP contribution in [0.5, 0.6) is 0 Å². The van der Waals surface area contributed by atoms with Crippen molar-refractivity contribution in [1.29, 1.82) is 0 Å². The van der Waals surface area contributed by atoms with Crippen molar-refractivity contribution in [3.05, 3.63) is 51.8 Å². The van der Waals surface area contributed by atoms with Gasteiger partial charge in [0.2, 0.25) is 0 Å². The van der Waals surface area contributed by atoms with Gasteiger partial charge in [-0.05, 0) is 40.2 Å². The minimum atomic E-state index is 0.0849. The molecule has 19 heavy (non-hydrogen) atoms. The van der Waals surface area contributed by atoms with Gasteiger partial charge in [0.05, 0.1) is 17.8 Å². The van der Waals surface area contributed by atoms with E-state index in [2.05, 4.69) is 37.1 Å². The predicted octanol–water partition coefficient (Wildman–Crippen LogP) is 3.37. The molecule has 2 rings (SSSR count). The van der Waals surface area contributed by atoms with Crippen molar-refractivity contribution in [3.8, 4) is 0 Å². The summed E-state index contributed by atoms with van der Waals surface area (Å²) in [5, 5.41) is 4.48. The molecule has 1 heterocycles. The van der Waals surface area contributed by atoms with E-state index in [0.717, 1.165) is 17.0 Å². The van der Waals surface area contributed by atoms with E-state index >= 15 is 0 Å². The number of hydrogen-bond acceptors (Lipinski definition) is 2. The Labute approximate surface area is 114 Å². The van der Waals surface area contributed by atoms with Crippen molar-refractivity contribution in [2.45, 2.75) is 41.2 Å². The first kappa shape index (κ1) is 13.5. The molecule has 2 aromatic rings. The Balaban J connectivity index is 2.39. The Morgan fingerprint density at radius 2 is 1.68 bits per heavy atom. The van der Waals surface area contributed by atoms with E-state index in [0.29, 0.717) is 6.54 Å². The van der Waals surface area contributed by atoms with Gasteiger partial charge in [0.15, 0.2) is 5.78 Å². The van der Waals surface area contributed by atoms with E-state index in [1.165, 1.54) is 16.7 Å². The van der Waals surface area contributed by atoms with Crippen LogP contribution in [0.3, 0.4) is 0 Å². The van der Waals surface area contributed by atoms with Crippen LogP contribution in [0.2, 0.25) is 0 Å². The van der Waals surface area contributed by atoms with Crippen LogP contribution >= 0.6 is 0 Å². The van der Waals surface area contributed by atoms with Crippen LogP contribution in [0.1, 0.15) is 45.4 Å². The lowest BCUT2D eigenvalue weighted by molar-refractivity contribution is 0.101. The molecule has 1 aromatic heterocycles. The second-order valence-electron chi connectivity index (χ2n) is 5.26.